The Morgan fingerprint density at radius 3 is 0.500 bits per heavy atom. The summed E-state index contributed by atoms with van der Waals surface area (Å²) < 4.78 is 0. The molecular formula is C15H30InO6+6. The Bertz CT molecular complexity index is 314. The van der Waals surface area contributed by atoms with E-state index in [1.54, 1.807) is 41.5 Å². The number of carbonyl (C=O) groups excluding carboxylic acids is 6. The van der Waals surface area contributed by atoms with Crippen molar-refractivity contribution in [3.8, 4) is 0 Å². The normalized spacial score (nSPS) is 7.91. The molecule has 0 aliphatic rings. The first kappa shape index (κ1) is 29.0. The van der Waals surface area contributed by atoms with Crippen LogP contribution >= 0.6 is 0 Å². The second-order valence-corrected chi connectivity index (χ2v) is 4.94. The number of hydrogen-bond donors (Lipinski definition) is 0. The van der Waals surface area contributed by atoms with Crippen LogP contribution in [0.2, 0.25) is 0 Å². The third kappa shape index (κ3) is 51.0. The molecule has 0 aliphatic carbocycles. The molecule has 0 saturated carbocycles. The zero-order valence-electron chi connectivity index (χ0n) is 14.4. The van der Waals surface area contributed by atoms with E-state index in [0.29, 0.717) is 19.3 Å². The van der Waals surface area contributed by atoms with Crippen LogP contribution in [0.5, 0.6) is 0 Å². The Morgan fingerprint density at radius 2 is 0.500 bits per heavy atom. The molecule has 0 atom stereocenters. The van der Waals surface area contributed by atoms with Crippen molar-refractivity contribution in [1.82, 2.24) is 0 Å². The first-order chi connectivity index (χ1) is 9.38. The minimum absolute atomic E-state index is 0. The SMILES string of the molecule is CC(=[OH+])CC(C)=[OH+].CC(=[OH+])CC(C)=[OH+].CC(=[OH+])CC(C)=[OH+].[In]. The number of rotatable bonds is 6. The molecule has 123 valence electrons. The van der Waals surface area contributed by atoms with Crippen molar-refractivity contribution in [3.05, 3.63) is 0 Å². The van der Waals surface area contributed by atoms with Gasteiger partial charge in [-0.15, -0.1) is 0 Å². The van der Waals surface area contributed by atoms with Gasteiger partial charge in [-0.2, -0.15) is 0 Å². The van der Waals surface area contributed by atoms with Crippen molar-refractivity contribution in [2.24, 2.45) is 0 Å². The maximum Gasteiger partial charge on any atom is 0.302 e. The molecule has 0 amide bonds. The molecule has 0 aromatic heterocycles. The fraction of sp³-hybridized carbons (Fsp3) is 0.600. The van der Waals surface area contributed by atoms with Crippen molar-refractivity contribution in [1.29, 1.82) is 0 Å². The number of hydrogen-bond acceptors (Lipinski definition) is 0. The quantitative estimate of drug-likeness (QED) is 0.450. The molecule has 0 aliphatic heterocycles. The van der Waals surface area contributed by atoms with Crippen LogP contribution < -0.4 is 0 Å². The summed E-state index contributed by atoms with van der Waals surface area (Å²) in [6.45, 7) is 9.33. The smallest absolute Gasteiger partial charge is 0.283 e. The molecule has 0 aromatic carbocycles. The standard InChI is InChI=1S/3C5H8O2.In/c3*1-4(6)3-5(2)7;/h3*3H2,1-2H3;/p+6. The van der Waals surface area contributed by atoms with Crippen LogP contribution in [0.25, 0.3) is 0 Å². The zero-order chi connectivity index (χ0) is 17.6. The van der Waals surface area contributed by atoms with E-state index in [9.17, 15) is 0 Å². The summed E-state index contributed by atoms with van der Waals surface area (Å²) in [5.41, 5.74) is 0. The van der Waals surface area contributed by atoms with E-state index in [-0.39, 0.29) is 60.5 Å². The third-order valence-corrected chi connectivity index (χ3v) is 1.54. The molecule has 0 rings (SSSR count). The maximum absolute atomic E-state index is 8.46. The summed E-state index contributed by atoms with van der Waals surface area (Å²) >= 11 is 0. The molecule has 0 saturated heterocycles. The van der Waals surface area contributed by atoms with Gasteiger partial charge in [-0.1, -0.05) is 0 Å². The Morgan fingerprint density at radius 1 is 0.409 bits per heavy atom. The van der Waals surface area contributed by atoms with Gasteiger partial charge in [0.25, 0.3) is 0 Å². The monoisotopic (exact) mass is 421 g/mol. The molecule has 0 spiro atoms. The molecule has 3 radical (unpaired) electrons. The van der Waals surface area contributed by atoms with Gasteiger partial charge in [0.2, 0.25) is 0 Å². The summed E-state index contributed by atoms with van der Waals surface area (Å²) in [5, 5.41) is 0. The van der Waals surface area contributed by atoms with Crippen LogP contribution in [0.15, 0.2) is 0 Å². The fourth-order valence-corrected chi connectivity index (χ4v) is 1.11. The van der Waals surface area contributed by atoms with Crippen LogP contribution in [0, 0.1) is 0 Å². The van der Waals surface area contributed by atoms with E-state index in [2.05, 4.69) is 0 Å². The van der Waals surface area contributed by atoms with Crippen molar-refractivity contribution >= 4 is 60.5 Å². The molecule has 0 aromatic rings. The van der Waals surface area contributed by atoms with E-state index in [1.807, 2.05) is 0 Å². The van der Waals surface area contributed by atoms with Crippen LogP contribution in [0.3, 0.4) is 0 Å². The first-order valence-corrected chi connectivity index (χ1v) is 6.46. The minimum atomic E-state index is 0. The van der Waals surface area contributed by atoms with E-state index >= 15 is 0 Å². The van der Waals surface area contributed by atoms with Crippen LogP contribution in [-0.2, 0) is 0 Å². The Balaban J connectivity index is -0.000000108. The van der Waals surface area contributed by atoms with Gasteiger partial charge in [-0.3, -0.25) is 28.8 Å². The average Bonchev–Trinajstić information content (AvgIpc) is 2.10. The van der Waals surface area contributed by atoms with E-state index in [4.69, 9.17) is 28.8 Å². The molecular weight excluding hydrogens is 391 g/mol. The maximum atomic E-state index is 8.46. The van der Waals surface area contributed by atoms with E-state index in [0.717, 1.165) is 0 Å². The molecule has 7 heteroatoms. The van der Waals surface area contributed by atoms with Crippen LogP contribution in [-0.4, -0.2) is 89.3 Å². The van der Waals surface area contributed by atoms with Crippen LogP contribution in [0.1, 0.15) is 60.8 Å². The summed E-state index contributed by atoms with van der Waals surface area (Å²) in [6.07, 6.45) is 0.917. The summed E-state index contributed by atoms with van der Waals surface area (Å²) in [7, 11) is 0. The predicted molar refractivity (Wildman–Crippen MR) is 95.3 cm³/mol. The predicted octanol–water partition coefficient (Wildman–Crippen LogP) is 1.14. The van der Waals surface area contributed by atoms with E-state index < -0.39 is 0 Å². The van der Waals surface area contributed by atoms with Crippen molar-refractivity contribution in [2.45, 2.75) is 60.8 Å². The summed E-state index contributed by atoms with van der Waals surface area (Å²) in [4.78, 5) is 50.8. The van der Waals surface area contributed by atoms with Crippen molar-refractivity contribution in [2.75, 3.05) is 0 Å². The van der Waals surface area contributed by atoms with E-state index in [1.165, 1.54) is 0 Å². The minimum Gasteiger partial charge on any atom is -0.283 e. The second kappa shape index (κ2) is 17.9. The Kier molecular flexibility index (Phi) is 23.6. The Labute approximate surface area is 150 Å². The summed E-state index contributed by atoms with van der Waals surface area (Å²) in [5.74, 6) is 1.50. The largest absolute Gasteiger partial charge is 0.302 e. The van der Waals surface area contributed by atoms with Gasteiger partial charge in [0.05, 0.1) is 0 Å². The van der Waals surface area contributed by atoms with Gasteiger partial charge >= 0.3 is 34.7 Å². The molecule has 0 heterocycles. The van der Waals surface area contributed by atoms with Gasteiger partial charge in [0, 0.05) is 67.4 Å². The average molecular weight is 421 g/mol. The molecule has 22 heavy (non-hydrogen) atoms. The zero-order valence-corrected chi connectivity index (χ0v) is 17.7. The van der Waals surface area contributed by atoms with Crippen molar-refractivity contribution in [3.63, 3.8) is 0 Å². The molecule has 0 unspecified atom stereocenters. The molecule has 6 N–H and O–H groups in total. The van der Waals surface area contributed by atoms with Gasteiger partial charge in [0.1, 0.15) is 0 Å². The molecule has 0 fully saturated rings. The topological polar surface area (TPSA) is 128 Å². The second-order valence-electron chi connectivity index (χ2n) is 4.94. The van der Waals surface area contributed by atoms with Gasteiger partial charge < -0.3 is 0 Å². The Hall–Kier alpha value is -1.11. The first-order valence-electron chi connectivity index (χ1n) is 6.46. The molecule has 6 nitrogen and oxygen atoms in total. The third-order valence-electron chi connectivity index (χ3n) is 1.54. The van der Waals surface area contributed by atoms with Gasteiger partial charge in [-0.05, 0) is 0 Å². The van der Waals surface area contributed by atoms with Gasteiger partial charge in [0.15, 0.2) is 19.3 Å². The van der Waals surface area contributed by atoms with Crippen LogP contribution in [0.4, 0.5) is 0 Å². The summed E-state index contributed by atoms with van der Waals surface area (Å²) in [6, 6.07) is 0. The number of ketones is 6. The van der Waals surface area contributed by atoms with Crippen molar-refractivity contribution < 1.29 is 28.8 Å². The molecule has 0 bridgehead atoms. The van der Waals surface area contributed by atoms with Gasteiger partial charge in [-0.25, -0.2) is 0 Å². The fourth-order valence-electron chi connectivity index (χ4n) is 1.11.